The maximum atomic E-state index is 13.6. The molecule has 0 unspecified atom stereocenters. The Morgan fingerprint density at radius 2 is 1.83 bits per heavy atom. The molecule has 2 aliphatic rings. The number of likely N-dealkylation sites (tertiary alicyclic amines) is 1. The lowest BCUT2D eigenvalue weighted by molar-refractivity contribution is 0.149. The summed E-state index contributed by atoms with van der Waals surface area (Å²) in [5.41, 5.74) is 3.18. The van der Waals surface area contributed by atoms with Crippen LogP contribution >= 0.6 is 0 Å². The lowest BCUT2D eigenvalue weighted by Crippen LogP contribution is -2.45. The number of aromatic amines is 1. The third-order valence-electron chi connectivity index (χ3n) is 5.08. The van der Waals surface area contributed by atoms with Gasteiger partial charge in [-0.25, -0.2) is 9.18 Å². The second-order valence-corrected chi connectivity index (χ2v) is 6.63. The van der Waals surface area contributed by atoms with Gasteiger partial charge in [0.15, 0.2) is 0 Å². The number of aromatic nitrogens is 1. The van der Waals surface area contributed by atoms with Crippen LogP contribution in [0.4, 0.5) is 9.18 Å². The molecule has 122 valence electrons. The van der Waals surface area contributed by atoms with Crippen molar-refractivity contribution in [2.45, 2.75) is 38.6 Å². The summed E-state index contributed by atoms with van der Waals surface area (Å²) >= 11 is 0. The van der Waals surface area contributed by atoms with Crippen molar-refractivity contribution < 1.29 is 9.18 Å². The van der Waals surface area contributed by atoms with Gasteiger partial charge >= 0.3 is 6.03 Å². The van der Waals surface area contributed by atoms with E-state index in [1.807, 2.05) is 9.80 Å². The van der Waals surface area contributed by atoms with Gasteiger partial charge in [-0.2, -0.15) is 0 Å². The third-order valence-corrected chi connectivity index (χ3v) is 5.08. The van der Waals surface area contributed by atoms with E-state index >= 15 is 0 Å². The number of H-pyrrole nitrogens is 1. The Morgan fingerprint density at radius 3 is 2.61 bits per heavy atom. The second kappa shape index (κ2) is 5.87. The zero-order valence-electron chi connectivity index (χ0n) is 13.3. The minimum atomic E-state index is -0.227. The van der Waals surface area contributed by atoms with Crippen molar-refractivity contribution in [3.05, 3.63) is 35.3 Å². The predicted molar refractivity (Wildman–Crippen MR) is 87.8 cm³/mol. The van der Waals surface area contributed by atoms with Crippen molar-refractivity contribution in [2.24, 2.45) is 0 Å². The number of carbonyl (C=O) groups excluding carboxylic acids is 1. The molecule has 2 aliphatic heterocycles. The molecule has 0 saturated carbocycles. The molecule has 0 radical (unpaired) electrons. The number of fused-ring (bicyclic) bond motifs is 3. The van der Waals surface area contributed by atoms with E-state index in [0.717, 1.165) is 61.1 Å². The summed E-state index contributed by atoms with van der Waals surface area (Å²) < 4.78 is 13.6. The van der Waals surface area contributed by atoms with Gasteiger partial charge in [0.05, 0.1) is 0 Å². The quantitative estimate of drug-likeness (QED) is 0.792. The van der Waals surface area contributed by atoms with Gasteiger partial charge in [-0.1, -0.05) is 12.8 Å². The first kappa shape index (κ1) is 14.5. The molecular formula is C18H22FN3O. The van der Waals surface area contributed by atoms with Gasteiger partial charge in [-0.05, 0) is 31.0 Å². The SMILES string of the molecule is O=C(N1CCCCCC1)N1CCc2[nH]c3ccc(F)cc3c2C1. The minimum absolute atomic E-state index is 0.142. The van der Waals surface area contributed by atoms with Crippen LogP contribution in [-0.4, -0.2) is 40.4 Å². The highest BCUT2D eigenvalue weighted by atomic mass is 19.1. The molecule has 0 aliphatic carbocycles. The average Bonchev–Trinajstić information content (AvgIpc) is 2.74. The molecule has 0 bridgehead atoms. The van der Waals surface area contributed by atoms with Gasteiger partial charge in [0.1, 0.15) is 5.82 Å². The molecule has 5 heteroatoms. The molecule has 1 aromatic heterocycles. The van der Waals surface area contributed by atoms with Gasteiger partial charge in [-0.15, -0.1) is 0 Å². The number of nitrogens with zero attached hydrogens (tertiary/aromatic N) is 2. The van der Waals surface area contributed by atoms with E-state index in [1.54, 1.807) is 12.1 Å². The number of amides is 2. The second-order valence-electron chi connectivity index (χ2n) is 6.63. The number of carbonyl (C=O) groups is 1. The van der Waals surface area contributed by atoms with Crippen molar-refractivity contribution in [3.63, 3.8) is 0 Å². The van der Waals surface area contributed by atoms with Crippen LogP contribution in [-0.2, 0) is 13.0 Å². The van der Waals surface area contributed by atoms with E-state index < -0.39 is 0 Å². The fourth-order valence-corrected chi connectivity index (χ4v) is 3.81. The lowest BCUT2D eigenvalue weighted by Gasteiger charge is -2.32. The summed E-state index contributed by atoms with van der Waals surface area (Å²) in [6, 6.07) is 4.97. The van der Waals surface area contributed by atoms with Crippen molar-refractivity contribution >= 4 is 16.9 Å². The Labute approximate surface area is 135 Å². The Hall–Kier alpha value is -2.04. The van der Waals surface area contributed by atoms with E-state index in [-0.39, 0.29) is 11.8 Å². The first-order valence-corrected chi connectivity index (χ1v) is 8.55. The number of benzene rings is 1. The normalized spacial score (nSPS) is 18.8. The van der Waals surface area contributed by atoms with E-state index in [9.17, 15) is 9.18 Å². The summed E-state index contributed by atoms with van der Waals surface area (Å²) in [7, 11) is 0. The van der Waals surface area contributed by atoms with E-state index in [4.69, 9.17) is 0 Å². The predicted octanol–water partition coefficient (Wildman–Crippen LogP) is 3.66. The van der Waals surface area contributed by atoms with Gasteiger partial charge in [0, 0.05) is 54.8 Å². The highest BCUT2D eigenvalue weighted by molar-refractivity contribution is 5.86. The van der Waals surface area contributed by atoms with E-state index in [2.05, 4.69) is 4.98 Å². The minimum Gasteiger partial charge on any atom is -0.358 e. The molecular weight excluding hydrogens is 293 g/mol. The van der Waals surface area contributed by atoms with Gasteiger partial charge in [0.2, 0.25) is 0 Å². The molecule has 1 saturated heterocycles. The largest absolute Gasteiger partial charge is 0.358 e. The molecule has 1 aromatic carbocycles. The Bertz CT molecular complexity index is 731. The zero-order chi connectivity index (χ0) is 15.8. The van der Waals surface area contributed by atoms with E-state index in [1.165, 1.54) is 18.9 Å². The van der Waals surface area contributed by atoms with Gasteiger partial charge in [0.25, 0.3) is 0 Å². The lowest BCUT2D eigenvalue weighted by atomic mass is 10.0. The first-order valence-electron chi connectivity index (χ1n) is 8.55. The highest BCUT2D eigenvalue weighted by Gasteiger charge is 2.27. The molecule has 4 rings (SSSR count). The molecule has 0 atom stereocenters. The van der Waals surface area contributed by atoms with Crippen LogP contribution in [0.3, 0.4) is 0 Å². The van der Waals surface area contributed by atoms with Crippen LogP contribution in [0.5, 0.6) is 0 Å². The summed E-state index contributed by atoms with van der Waals surface area (Å²) in [4.78, 5) is 20.1. The number of urea groups is 1. The average molecular weight is 315 g/mol. The maximum absolute atomic E-state index is 13.6. The smallest absolute Gasteiger partial charge is 0.320 e. The summed E-state index contributed by atoms with van der Waals surface area (Å²) in [6.45, 7) is 3.04. The van der Waals surface area contributed by atoms with Crippen molar-refractivity contribution in [3.8, 4) is 0 Å². The number of nitrogens with one attached hydrogen (secondary N) is 1. The van der Waals surface area contributed by atoms with E-state index in [0.29, 0.717) is 6.54 Å². The Balaban J connectivity index is 1.59. The first-order chi connectivity index (χ1) is 11.2. The number of rotatable bonds is 0. The molecule has 3 heterocycles. The standard InChI is InChI=1S/C18H22FN3O/c19-13-5-6-16-14(11-13)15-12-22(10-7-17(15)20-16)18(23)21-8-3-1-2-4-9-21/h5-6,11,20H,1-4,7-10,12H2. The van der Waals surface area contributed by atoms with Crippen molar-refractivity contribution in [1.82, 2.24) is 14.8 Å². The molecule has 23 heavy (non-hydrogen) atoms. The van der Waals surface area contributed by atoms with Crippen LogP contribution in [0.1, 0.15) is 36.9 Å². The summed E-state index contributed by atoms with van der Waals surface area (Å²) in [5, 5.41) is 0.911. The molecule has 1 N–H and O–H groups in total. The number of hydrogen-bond donors (Lipinski definition) is 1. The molecule has 0 spiro atoms. The van der Waals surface area contributed by atoms with Crippen molar-refractivity contribution in [2.75, 3.05) is 19.6 Å². The molecule has 1 fully saturated rings. The Kier molecular flexibility index (Phi) is 3.71. The summed E-state index contributed by atoms with van der Waals surface area (Å²) in [5.74, 6) is -0.227. The van der Waals surface area contributed by atoms with Crippen molar-refractivity contribution in [1.29, 1.82) is 0 Å². The van der Waals surface area contributed by atoms with Crippen LogP contribution in [0.2, 0.25) is 0 Å². The maximum Gasteiger partial charge on any atom is 0.320 e. The third kappa shape index (κ3) is 2.69. The van der Waals surface area contributed by atoms with Gasteiger partial charge in [-0.3, -0.25) is 0 Å². The van der Waals surface area contributed by atoms with Crippen LogP contribution in [0.25, 0.3) is 10.9 Å². The fourth-order valence-electron chi connectivity index (χ4n) is 3.81. The zero-order valence-corrected chi connectivity index (χ0v) is 13.3. The highest BCUT2D eigenvalue weighted by Crippen LogP contribution is 2.29. The number of hydrogen-bond acceptors (Lipinski definition) is 1. The van der Waals surface area contributed by atoms with Crippen LogP contribution < -0.4 is 0 Å². The number of halogens is 1. The molecule has 2 amide bonds. The topological polar surface area (TPSA) is 39.3 Å². The van der Waals surface area contributed by atoms with Crippen LogP contribution in [0, 0.1) is 5.82 Å². The van der Waals surface area contributed by atoms with Gasteiger partial charge < -0.3 is 14.8 Å². The Morgan fingerprint density at radius 1 is 1.04 bits per heavy atom. The fraction of sp³-hybridized carbons (Fsp3) is 0.500. The van der Waals surface area contributed by atoms with Crippen LogP contribution in [0.15, 0.2) is 18.2 Å². The summed E-state index contributed by atoms with van der Waals surface area (Å²) in [6.07, 6.45) is 5.45. The molecule has 2 aromatic rings. The molecule has 4 nitrogen and oxygen atoms in total. The monoisotopic (exact) mass is 315 g/mol.